The Bertz CT molecular complexity index is 507. The van der Waals surface area contributed by atoms with Gasteiger partial charge in [0.25, 0.3) is 5.82 Å². The van der Waals surface area contributed by atoms with Crippen LogP contribution in [0.4, 0.5) is 0 Å². The molecule has 0 bridgehead atoms. The van der Waals surface area contributed by atoms with Crippen molar-refractivity contribution in [2.24, 2.45) is 0 Å². The summed E-state index contributed by atoms with van der Waals surface area (Å²) in [5.74, 6) is 2.17. The first-order valence-corrected chi connectivity index (χ1v) is 14.8. The molecule has 0 saturated carbocycles. The lowest BCUT2D eigenvalue weighted by Crippen LogP contribution is -2.41. The van der Waals surface area contributed by atoms with Crippen LogP contribution < -0.4 is 4.57 Å². The van der Waals surface area contributed by atoms with E-state index in [1.54, 1.807) is 0 Å². The zero-order valence-corrected chi connectivity index (χ0v) is 22.6. The van der Waals surface area contributed by atoms with Crippen LogP contribution in [0, 0.1) is 0 Å². The Kier molecular flexibility index (Phi) is 19.0. The fourth-order valence-corrected chi connectivity index (χ4v) is 5.20. The monoisotopic (exact) mass is 447 g/mol. The topological polar surface area (TPSA) is 19.7 Å². The Morgan fingerprint density at radius 3 is 1.56 bits per heavy atom. The van der Waals surface area contributed by atoms with Crippen molar-refractivity contribution < 1.29 is 4.57 Å². The van der Waals surface area contributed by atoms with Crippen molar-refractivity contribution in [1.29, 1.82) is 0 Å². The van der Waals surface area contributed by atoms with Crippen molar-refractivity contribution in [2.45, 2.75) is 174 Å². The highest BCUT2D eigenvalue weighted by Gasteiger charge is 2.24. The van der Waals surface area contributed by atoms with E-state index in [9.17, 15) is 0 Å². The average molecular weight is 448 g/mol. The fraction of sp³-hybridized carbons (Fsp3) is 0.900. The van der Waals surface area contributed by atoms with Crippen LogP contribution in [-0.4, -0.2) is 4.98 Å². The number of hydrogen-bond donors (Lipinski definition) is 1. The third kappa shape index (κ3) is 13.7. The number of hydrogen-bond acceptors (Lipinski definition) is 0. The Labute approximate surface area is 202 Å². The van der Waals surface area contributed by atoms with Gasteiger partial charge >= 0.3 is 0 Å². The maximum absolute atomic E-state index is 3.59. The van der Waals surface area contributed by atoms with Gasteiger partial charge in [-0.3, -0.25) is 0 Å². The quantitative estimate of drug-likeness (QED) is 0.127. The van der Waals surface area contributed by atoms with Crippen molar-refractivity contribution >= 4 is 0 Å². The zero-order valence-electron chi connectivity index (χ0n) is 22.6. The molecule has 0 amide bonds. The van der Waals surface area contributed by atoms with Gasteiger partial charge in [-0.05, 0) is 32.6 Å². The molecule has 0 aromatic carbocycles. The summed E-state index contributed by atoms with van der Waals surface area (Å²) >= 11 is 0. The van der Waals surface area contributed by atoms with Crippen molar-refractivity contribution in [3.05, 3.63) is 18.2 Å². The van der Waals surface area contributed by atoms with Crippen LogP contribution in [0.25, 0.3) is 0 Å². The molecule has 2 nitrogen and oxygen atoms in total. The largest absolute Gasteiger partial charge is 0.257 e. The predicted octanol–water partition coefficient (Wildman–Crippen LogP) is 10.2. The molecule has 2 unspecified atom stereocenters. The second kappa shape index (κ2) is 20.8. The summed E-state index contributed by atoms with van der Waals surface area (Å²) in [4.78, 5) is 3.59. The molecule has 188 valence electrons. The van der Waals surface area contributed by atoms with Gasteiger partial charge in [-0.1, -0.05) is 130 Å². The maximum atomic E-state index is 3.59. The number of aromatic amines is 1. The van der Waals surface area contributed by atoms with E-state index in [0.717, 1.165) is 0 Å². The van der Waals surface area contributed by atoms with E-state index in [1.165, 1.54) is 141 Å². The summed E-state index contributed by atoms with van der Waals surface area (Å²) in [6.07, 6.45) is 34.1. The van der Waals surface area contributed by atoms with E-state index in [2.05, 4.69) is 49.6 Å². The fourth-order valence-electron chi connectivity index (χ4n) is 5.20. The van der Waals surface area contributed by atoms with Gasteiger partial charge in [0.05, 0.1) is 12.0 Å². The molecule has 1 aromatic rings. The van der Waals surface area contributed by atoms with Crippen LogP contribution in [0.1, 0.15) is 180 Å². The summed E-state index contributed by atoms with van der Waals surface area (Å²) in [6, 6.07) is 0.623. The number of aromatic nitrogens is 2. The van der Waals surface area contributed by atoms with Crippen LogP contribution in [0.15, 0.2) is 12.4 Å². The first-order valence-electron chi connectivity index (χ1n) is 14.8. The van der Waals surface area contributed by atoms with Crippen molar-refractivity contribution in [1.82, 2.24) is 4.98 Å². The standard InChI is InChI=1S/C30H58N2/c1-5-8-10-11-12-13-14-15-16-17-18-19-20-21-23-25-29(7-3)30-31-26-27-32(30)28(4)24-22-9-6-2/h26-29H,5-25H2,1-4H3/p+1. The van der Waals surface area contributed by atoms with Gasteiger partial charge in [0.2, 0.25) is 0 Å². The maximum Gasteiger partial charge on any atom is 0.257 e. The summed E-state index contributed by atoms with van der Waals surface area (Å²) in [5.41, 5.74) is 0. The predicted molar refractivity (Wildman–Crippen MR) is 142 cm³/mol. The van der Waals surface area contributed by atoms with Gasteiger partial charge in [0, 0.05) is 0 Å². The first kappa shape index (κ1) is 29.2. The number of unbranched alkanes of at least 4 members (excludes halogenated alkanes) is 16. The van der Waals surface area contributed by atoms with Crippen molar-refractivity contribution in [3.63, 3.8) is 0 Å². The van der Waals surface area contributed by atoms with Crippen LogP contribution >= 0.6 is 0 Å². The number of rotatable bonds is 23. The molecule has 0 aliphatic rings. The van der Waals surface area contributed by atoms with E-state index < -0.39 is 0 Å². The van der Waals surface area contributed by atoms with Gasteiger partial charge in [-0.2, -0.15) is 0 Å². The molecule has 0 radical (unpaired) electrons. The molecule has 0 aliphatic heterocycles. The van der Waals surface area contributed by atoms with E-state index >= 15 is 0 Å². The van der Waals surface area contributed by atoms with Crippen LogP contribution in [0.2, 0.25) is 0 Å². The molecule has 1 aromatic heterocycles. The average Bonchev–Trinajstić information content (AvgIpc) is 3.29. The lowest BCUT2D eigenvalue weighted by atomic mass is 9.96. The van der Waals surface area contributed by atoms with Gasteiger partial charge < -0.3 is 0 Å². The molecule has 2 heteroatoms. The van der Waals surface area contributed by atoms with Crippen molar-refractivity contribution in [2.75, 3.05) is 0 Å². The minimum atomic E-state index is 0.623. The van der Waals surface area contributed by atoms with Crippen LogP contribution in [0.3, 0.4) is 0 Å². The van der Waals surface area contributed by atoms with Gasteiger partial charge in [0.1, 0.15) is 12.4 Å². The molecule has 32 heavy (non-hydrogen) atoms. The second-order valence-electron chi connectivity index (χ2n) is 10.4. The molecule has 1 rings (SSSR count). The Morgan fingerprint density at radius 1 is 0.625 bits per heavy atom. The van der Waals surface area contributed by atoms with Crippen LogP contribution in [0.5, 0.6) is 0 Å². The minimum absolute atomic E-state index is 0.623. The van der Waals surface area contributed by atoms with Gasteiger partial charge in [-0.25, -0.2) is 9.55 Å². The minimum Gasteiger partial charge on any atom is -0.247 e. The number of nitrogens with one attached hydrogen (secondary N) is 1. The van der Waals surface area contributed by atoms with E-state index in [-0.39, 0.29) is 0 Å². The van der Waals surface area contributed by atoms with Gasteiger partial charge in [0.15, 0.2) is 0 Å². The lowest BCUT2D eigenvalue weighted by Gasteiger charge is -2.15. The highest BCUT2D eigenvalue weighted by molar-refractivity contribution is 4.89. The highest BCUT2D eigenvalue weighted by Crippen LogP contribution is 2.24. The summed E-state index contributed by atoms with van der Waals surface area (Å²) in [6.45, 7) is 9.36. The SMILES string of the molecule is CCCCCCCCCCCCCCCCCC(CC)c1[nH]cc[n+]1C(C)CCCCC. The van der Waals surface area contributed by atoms with Gasteiger partial charge in [-0.15, -0.1) is 0 Å². The molecule has 1 N–H and O–H groups in total. The second-order valence-corrected chi connectivity index (χ2v) is 10.4. The normalized spacial score (nSPS) is 13.5. The van der Waals surface area contributed by atoms with E-state index in [0.29, 0.717) is 12.0 Å². The lowest BCUT2D eigenvalue weighted by molar-refractivity contribution is -0.727. The molecule has 0 fully saturated rings. The number of H-pyrrole nitrogens is 1. The van der Waals surface area contributed by atoms with E-state index in [4.69, 9.17) is 0 Å². The Morgan fingerprint density at radius 2 is 1.06 bits per heavy atom. The highest BCUT2D eigenvalue weighted by atomic mass is 15.1. The summed E-state index contributed by atoms with van der Waals surface area (Å²) in [7, 11) is 0. The summed E-state index contributed by atoms with van der Waals surface area (Å²) < 4.78 is 2.54. The molecule has 0 saturated heterocycles. The third-order valence-corrected chi connectivity index (χ3v) is 7.48. The number of imidazole rings is 1. The zero-order chi connectivity index (χ0) is 23.3. The van der Waals surface area contributed by atoms with E-state index in [1.807, 2.05) is 0 Å². The molecule has 0 spiro atoms. The van der Waals surface area contributed by atoms with Crippen LogP contribution in [-0.2, 0) is 0 Å². The number of nitrogens with zero attached hydrogens (tertiary/aromatic N) is 1. The van der Waals surface area contributed by atoms with Crippen molar-refractivity contribution in [3.8, 4) is 0 Å². The molecule has 2 atom stereocenters. The first-order chi connectivity index (χ1) is 15.7. The smallest absolute Gasteiger partial charge is 0.247 e. The molecule has 1 heterocycles. The molecular formula is C30H59N2+. The molecular weight excluding hydrogens is 388 g/mol. The molecule has 0 aliphatic carbocycles. The Balaban J connectivity index is 2.06. The Hall–Kier alpha value is -0.790. The third-order valence-electron chi connectivity index (χ3n) is 7.48. The summed E-state index contributed by atoms with van der Waals surface area (Å²) in [5, 5.41) is 0.